The highest BCUT2D eigenvalue weighted by Gasteiger charge is 2.21. The highest BCUT2D eigenvalue weighted by atomic mass is 16.5. The highest BCUT2D eigenvalue weighted by molar-refractivity contribution is 5.69. The van der Waals surface area contributed by atoms with Crippen LogP contribution >= 0.6 is 0 Å². The largest absolute Gasteiger partial charge is 0.469 e. The van der Waals surface area contributed by atoms with Crippen molar-refractivity contribution < 1.29 is 9.53 Å². The molecule has 0 fully saturated rings. The van der Waals surface area contributed by atoms with Crippen LogP contribution in [0.3, 0.4) is 0 Å². The van der Waals surface area contributed by atoms with Crippen LogP contribution in [0.1, 0.15) is 37.7 Å². The zero-order chi connectivity index (χ0) is 13.0. The second-order valence-corrected chi connectivity index (χ2v) is 4.92. The van der Waals surface area contributed by atoms with Crippen LogP contribution in [0.2, 0.25) is 0 Å². The van der Waals surface area contributed by atoms with Gasteiger partial charge in [-0.3, -0.25) is 4.79 Å². The standard InChI is InChI=1S/C15H21NO2/c1-12-9-11-16(10-5-8-15(17)18-2)14-7-4-3-6-13(12)14/h3-4,6-7,12H,5,8-11H2,1-2H3. The highest BCUT2D eigenvalue weighted by Crippen LogP contribution is 2.34. The molecule has 0 aliphatic carbocycles. The number of fused-ring (bicyclic) bond motifs is 1. The molecule has 1 aromatic carbocycles. The van der Waals surface area contributed by atoms with E-state index in [1.165, 1.54) is 24.8 Å². The summed E-state index contributed by atoms with van der Waals surface area (Å²) in [6, 6.07) is 8.59. The minimum atomic E-state index is -0.117. The third-order valence-corrected chi connectivity index (χ3v) is 3.68. The minimum absolute atomic E-state index is 0.117. The van der Waals surface area contributed by atoms with Crippen LogP contribution in [0.4, 0.5) is 5.69 Å². The summed E-state index contributed by atoms with van der Waals surface area (Å²) in [5.74, 6) is 0.520. The van der Waals surface area contributed by atoms with E-state index in [1.807, 2.05) is 0 Å². The van der Waals surface area contributed by atoms with Gasteiger partial charge < -0.3 is 9.64 Å². The molecule has 98 valence electrons. The number of anilines is 1. The summed E-state index contributed by atoms with van der Waals surface area (Å²) in [6.07, 6.45) is 2.55. The molecule has 1 aromatic rings. The Morgan fingerprint density at radius 2 is 2.22 bits per heavy atom. The summed E-state index contributed by atoms with van der Waals surface area (Å²) >= 11 is 0. The van der Waals surface area contributed by atoms with Crippen LogP contribution in [0, 0.1) is 0 Å². The Hall–Kier alpha value is -1.51. The molecule has 1 aliphatic heterocycles. The Bertz CT molecular complexity index is 417. The van der Waals surface area contributed by atoms with Crippen LogP contribution in [0.15, 0.2) is 24.3 Å². The Morgan fingerprint density at radius 1 is 1.44 bits per heavy atom. The topological polar surface area (TPSA) is 29.5 Å². The average Bonchev–Trinajstić information content (AvgIpc) is 2.41. The van der Waals surface area contributed by atoms with Gasteiger partial charge in [-0.1, -0.05) is 25.1 Å². The SMILES string of the molecule is COC(=O)CCCN1CCC(C)c2ccccc21. The molecular formula is C15H21NO2. The van der Waals surface area contributed by atoms with Gasteiger partial charge in [-0.25, -0.2) is 0 Å². The number of rotatable bonds is 4. The molecule has 0 bridgehead atoms. The lowest BCUT2D eigenvalue weighted by Crippen LogP contribution is -2.31. The molecular weight excluding hydrogens is 226 g/mol. The van der Waals surface area contributed by atoms with Gasteiger partial charge in [-0.15, -0.1) is 0 Å². The molecule has 1 aliphatic rings. The fourth-order valence-electron chi connectivity index (χ4n) is 2.57. The number of hydrogen-bond donors (Lipinski definition) is 0. The number of para-hydroxylation sites is 1. The van der Waals surface area contributed by atoms with Crippen molar-refractivity contribution in [2.45, 2.75) is 32.1 Å². The van der Waals surface area contributed by atoms with E-state index in [4.69, 9.17) is 0 Å². The van der Waals surface area contributed by atoms with Crippen LogP contribution in [-0.4, -0.2) is 26.2 Å². The van der Waals surface area contributed by atoms with E-state index in [0.29, 0.717) is 12.3 Å². The van der Waals surface area contributed by atoms with Crippen molar-refractivity contribution in [3.05, 3.63) is 29.8 Å². The Morgan fingerprint density at radius 3 is 3.00 bits per heavy atom. The monoisotopic (exact) mass is 247 g/mol. The van der Waals surface area contributed by atoms with E-state index in [2.05, 4.69) is 40.8 Å². The van der Waals surface area contributed by atoms with E-state index >= 15 is 0 Å². The average molecular weight is 247 g/mol. The zero-order valence-electron chi connectivity index (χ0n) is 11.2. The maximum absolute atomic E-state index is 11.1. The number of hydrogen-bond acceptors (Lipinski definition) is 3. The van der Waals surface area contributed by atoms with E-state index in [-0.39, 0.29) is 5.97 Å². The van der Waals surface area contributed by atoms with Crippen molar-refractivity contribution in [2.75, 3.05) is 25.1 Å². The fourth-order valence-corrected chi connectivity index (χ4v) is 2.57. The van der Waals surface area contributed by atoms with Crippen molar-refractivity contribution in [2.24, 2.45) is 0 Å². The minimum Gasteiger partial charge on any atom is -0.469 e. The maximum Gasteiger partial charge on any atom is 0.305 e. The lowest BCUT2D eigenvalue weighted by Gasteiger charge is -2.34. The maximum atomic E-state index is 11.1. The van der Waals surface area contributed by atoms with Gasteiger partial charge in [0.1, 0.15) is 0 Å². The third kappa shape index (κ3) is 2.84. The molecule has 0 N–H and O–H groups in total. The Kier molecular flexibility index (Phi) is 4.24. The summed E-state index contributed by atoms with van der Waals surface area (Å²) in [4.78, 5) is 13.5. The van der Waals surface area contributed by atoms with Crippen molar-refractivity contribution in [3.63, 3.8) is 0 Å². The number of esters is 1. The van der Waals surface area contributed by atoms with Crippen molar-refractivity contribution in [1.29, 1.82) is 0 Å². The van der Waals surface area contributed by atoms with Gasteiger partial charge in [-0.05, 0) is 30.4 Å². The van der Waals surface area contributed by atoms with Crippen LogP contribution in [0.5, 0.6) is 0 Å². The zero-order valence-corrected chi connectivity index (χ0v) is 11.2. The number of nitrogens with zero attached hydrogens (tertiary/aromatic N) is 1. The van der Waals surface area contributed by atoms with Gasteiger partial charge in [0.05, 0.1) is 7.11 Å². The lowest BCUT2D eigenvalue weighted by molar-refractivity contribution is -0.140. The number of carbonyl (C=O) groups excluding carboxylic acids is 1. The molecule has 2 rings (SSSR count). The molecule has 0 spiro atoms. The van der Waals surface area contributed by atoms with Crippen molar-refractivity contribution in [1.82, 2.24) is 0 Å². The lowest BCUT2D eigenvalue weighted by atomic mass is 9.91. The summed E-state index contributed by atoms with van der Waals surface area (Å²) in [5, 5.41) is 0. The van der Waals surface area contributed by atoms with Crippen LogP contribution in [0.25, 0.3) is 0 Å². The van der Waals surface area contributed by atoms with Gasteiger partial charge >= 0.3 is 5.97 Å². The third-order valence-electron chi connectivity index (χ3n) is 3.68. The molecule has 0 amide bonds. The van der Waals surface area contributed by atoms with E-state index in [0.717, 1.165) is 19.5 Å². The molecule has 3 heteroatoms. The number of benzene rings is 1. The van der Waals surface area contributed by atoms with Crippen molar-refractivity contribution >= 4 is 11.7 Å². The Balaban J connectivity index is 1.98. The van der Waals surface area contributed by atoms with E-state index < -0.39 is 0 Å². The fraction of sp³-hybridized carbons (Fsp3) is 0.533. The van der Waals surface area contributed by atoms with Gasteiger partial charge in [0.25, 0.3) is 0 Å². The summed E-state index contributed by atoms with van der Waals surface area (Å²) in [6.45, 7) is 4.29. The normalized spacial score (nSPS) is 18.3. The van der Waals surface area contributed by atoms with Crippen molar-refractivity contribution in [3.8, 4) is 0 Å². The molecule has 0 saturated carbocycles. The molecule has 3 nitrogen and oxygen atoms in total. The summed E-state index contributed by atoms with van der Waals surface area (Å²) in [7, 11) is 1.44. The first-order valence-electron chi connectivity index (χ1n) is 6.63. The number of methoxy groups -OCH3 is 1. The second kappa shape index (κ2) is 5.89. The predicted molar refractivity (Wildman–Crippen MR) is 72.9 cm³/mol. The molecule has 18 heavy (non-hydrogen) atoms. The van der Waals surface area contributed by atoms with Gasteiger partial charge in [0.15, 0.2) is 0 Å². The van der Waals surface area contributed by atoms with Crippen LogP contribution in [-0.2, 0) is 9.53 Å². The predicted octanol–water partition coefficient (Wildman–Crippen LogP) is 2.95. The summed E-state index contributed by atoms with van der Waals surface area (Å²) in [5.41, 5.74) is 2.77. The number of ether oxygens (including phenoxy) is 1. The molecule has 0 saturated heterocycles. The first kappa shape index (κ1) is 12.9. The van der Waals surface area contributed by atoms with E-state index in [9.17, 15) is 4.79 Å². The first-order valence-corrected chi connectivity index (χ1v) is 6.63. The molecule has 0 aromatic heterocycles. The smallest absolute Gasteiger partial charge is 0.305 e. The van der Waals surface area contributed by atoms with Crippen LogP contribution < -0.4 is 4.90 Å². The molecule has 1 heterocycles. The van der Waals surface area contributed by atoms with Gasteiger partial charge in [0, 0.05) is 25.2 Å². The van der Waals surface area contributed by atoms with E-state index in [1.54, 1.807) is 0 Å². The van der Waals surface area contributed by atoms with Gasteiger partial charge in [0.2, 0.25) is 0 Å². The second-order valence-electron chi connectivity index (χ2n) is 4.92. The van der Waals surface area contributed by atoms with Gasteiger partial charge in [-0.2, -0.15) is 0 Å². The summed E-state index contributed by atoms with van der Waals surface area (Å²) < 4.78 is 4.67. The Labute approximate surface area is 109 Å². The molecule has 0 radical (unpaired) electrons. The quantitative estimate of drug-likeness (QED) is 0.766. The molecule has 1 atom stereocenters. The number of carbonyl (C=O) groups is 1. The first-order chi connectivity index (χ1) is 8.72. The molecule has 1 unspecified atom stereocenters.